The summed E-state index contributed by atoms with van der Waals surface area (Å²) in [6, 6.07) is 4.03. The van der Waals surface area contributed by atoms with Crippen molar-refractivity contribution in [3.05, 3.63) is 23.3 Å². The molecule has 0 aromatic heterocycles. The summed E-state index contributed by atoms with van der Waals surface area (Å²) in [5.41, 5.74) is 2.49. The van der Waals surface area contributed by atoms with Gasteiger partial charge in [0.25, 0.3) is 0 Å². The van der Waals surface area contributed by atoms with Crippen LogP contribution in [0.4, 0.5) is 0 Å². The van der Waals surface area contributed by atoms with Gasteiger partial charge in [-0.2, -0.15) is 0 Å². The lowest BCUT2D eigenvalue weighted by molar-refractivity contribution is 0.354. The van der Waals surface area contributed by atoms with Gasteiger partial charge in [0.2, 0.25) is 0 Å². The molecule has 84 valence electrons. The van der Waals surface area contributed by atoms with Crippen LogP contribution in [0.2, 0.25) is 0 Å². The quantitative estimate of drug-likeness (QED) is 0.721. The second-order valence-corrected chi connectivity index (χ2v) is 3.80. The Bertz CT molecular complexity index is 324. The summed E-state index contributed by atoms with van der Waals surface area (Å²) in [6.07, 6.45) is 1.97. The molecule has 0 saturated carbocycles. The van der Waals surface area contributed by atoms with E-state index in [4.69, 9.17) is 21.1 Å². The minimum absolute atomic E-state index is 0.688. The Morgan fingerprint density at radius 3 is 2.27 bits per heavy atom. The number of methoxy groups -OCH3 is 2. The standard InChI is InChI=1S/C12H17ClO2/c1-9-7-11(14-2)12(15-3)8-10(9)5-4-6-13/h7-8H,4-6H2,1-3H3. The van der Waals surface area contributed by atoms with Crippen molar-refractivity contribution in [1.82, 2.24) is 0 Å². The van der Waals surface area contributed by atoms with Crippen molar-refractivity contribution in [1.29, 1.82) is 0 Å². The van der Waals surface area contributed by atoms with Crippen molar-refractivity contribution in [2.75, 3.05) is 20.1 Å². The van der Waals surface area contributed by atoms with E-state index >= 15 is 0 Å². The highest BCUT2D eigenvalue weighted by Gasteiger charge is 2.07. The van der Waals surface area contributed by atoms with E-state index in [1.54, 1.807) is 14.2 Å². The van der Waals surface area contributed by atoms with E-state index in [-0.39, 0.29) is 0 Å². The first kappa shape index (κ1) is 12.2. The van der Waals surface area contributed by atoms with Gasteiger partial charge in [0.15, 0.2) is 11.5 Å². The Morgan fingerprint density at radius 2 is 1.73 bits per heavy atom. The maximum Gasteiger partial charge on any atom is 0.161 e. The molecule has 3 heteroatoms. The monoisotopic (exact) mass is 228 g/mol. The fourth-order valence-electron chi connectivity index (χ4n) is 1.55. The Balaban J connectivity index is 2.97. The molecule has 0 aliphatic rings. The second kappa shape index (κ2) is 5.86. The van der Waals surface area contributed by atoms with E-state index in [1.165, 1.54) is 11.1 Å². The summed E-state index contributed by atoms with van der Waals surface area (Å²) in [5, 5.41) is 0. The summed E-state index contributed by atoms with van der Waals surface area (Å²) in [6.45, 7) is 2.07. The van der Waals surface area contributed by atoms with E-state index in [2.05, 4.69) is 6.92 Å². The summed E-state index contributed by atoms with van der Waals surface area (Å²) in [4.78, 5) is 0. The lowest BCUT2D eigenvalue weighted by Crippen LogP contribution is -1.96. The normalized spacial score (nSPS) is 10.1. The van der Waals surface area contributed by atoms with Gasteiger partial charge in [-0.1, -0.05) is 0 Å². The highest BCUT2D eigenvalue weighted by Crippen LogP contribution is 2.30. The topological polar surface area (TPSA) is 18.5 Å². The third-order valence-corrected chi connectivity index (χ3v) is 2.69. The molecule has 0 unspecified atom stereocenters. The Kier molecular flexibility index (Phi) is 4.76. The predicted molar refractivity (Wildman–Crippen MR) is 63.3 cm³/mol. The van der Waals surface area contributed by atoms with Crippen LogP contribution < -0.4 is 9.47 Å². The average molecular weight is 229 g/mol. The van der Waals surface area contributed by atoms with Crippen molar-refractivity contribution >= 4 is 11.6 Å². The van der Waals surface area contributed by atoms with Crippen LogP contribution in [0, 0.1) is 6.92 Å². The second-order valence-electron chi connectivity index (χ2n) is 3.43. The highest BCUT2D eigenvalue weighted by atomic mass is 35.5. The Labute approximate surface area is 96.2 Å². The molecule has 0 amide bonds. The van der Waals surface area contributed by atoms with Gasteiger partial charge in [-0.05, 0) is 43.0 Å². The fraction of sp³-hybridized carbons (Fsp3) is 0.500. The molecule has 0 fully saturated rings. The van der Waals surface area contributed by atoms with Crippen LogP contribution >= 0.6 is 11.6 Å². The molecule has 0 heterocycles. The van der Waals surface area contributed by atoms with Gasteiger partial charge in [-0.25, -0.2) is 0 Å². The average Bonchev–Trinajstić information content (AvgIpc) is 2.27. The number of hydrogen-bond acceptors (Lipinski definition) is 2. The van der Waals surface area contributed by atoms with Gasteiger partial charge in [0.1, 0.15) is 0 Å². The van der Waals surface area contributed by atoms with Gasteiger partial charge in [0, 0.05) is 5.88 Å². The summed E-state index contributed by atoms with van der Waals surface area (Å²) in [7, 11) is 3.30. The van der Waals surface area contributed by atoms with Gasteiger partial charge in [-0.15, -0.1) is 11.6 Å². The molecule has 0 aliphatic heterocycles. The van der Waals surface area contributed by atoms with Crippen LogP contribution in [0.1, 0.15) is 17.5 Å². The van der Waals surface area contributed by atoms with Crippen molar-refractivity contribution in [3.8, 4) is 11.5 Å². The number of benzene rings is 1. The van der Waals surface area contributed by atoms with E-state index in [9.17, 15) is 0 Å². The summed E-state index contributed by atoms with van der Waals surface area (Å²) in [5.74, 6) is 2.26. The Morgan fingerprint density at radius 1 is 1.13 bits per heavy atom. The number of ether oxygens (including phenoxy) is 2. The molecule has 0 bridgehead atoms. The molecule has 0 spiro atoms. The molecule has 1 aromatic carbocycles. The third-order valence-electron chi connectivity index (χ3n) is 2.42. The predicted octanol–water partition coefficient (Wildman–Crippen LogP) is 3.18. The van der Waals surface area contributed by atoms with Crippen molar-refractivity contribution in [2.24, 2.45) is 0 Å². The largest absolute Gasteiger partial charge is 0.493 e. The van der Waals surface area contributed by atoms with Gasteiger partial charge in [0.05, 0.1) is 14.2 Å². The molecule has 15 heavy (non-hydrogen) atoms. The van der Waals surface area contributed by atoms with Gasteiger partial charge < -0.3 is 9.47 Å². The first-order valence-electron chi connectivity index (χ1n) is 5.00. The van der Waals surface area contributed by atoms with Crippen molar-refractivity contribution in [3.63, 3.8) is 0 Å². The molecule has 0 N–H and O–H groups in total. The molecule has 1 aromatic rings. The zero-order valence-electron chi connectivity index (χ0n) is 9.47. The van der Waals surface area contributed by atoms with Gasteiger partial charge >= 0.3 is 0 Å². The van der Waals surface area contributed by atoms with Crippen LogP contribution in [0.5, 0.6) is 11.5 Å². The summed E-state index contributed by atoms with van der Waals surface area (Å²) < 4.78 is 10.5. The fourth-order valence-corrected chi connectivity index (χ4v) is 1.68. The molecule has 0 aliphatic carbocycles. The first-order chi connectivity index (χ1) is 7.22. The van der Waals surface area contributed by atoms with Crippen LogP contribution in [-0.2, 0) is 6.42 Å². The molecular formula is C12H17ClO2. The van der Waals surface area contributed by atoms with E-state index < -0.39 is 0 Å². The molecule has 0 radical (unpaired) electrons. The molecule has 2 nitrogen and oxygen atoms in total. The van der Waals surface area contributed by atoms with Crippen LogP contribution in [0.15, 0.2) is 12.1 Å². The molecule has 0 saturated heterocycles. The number of rotatable bonds is 5. The maximum absolute atomic E-state index is 5.68. The smallest absolute Gasteiger partial charge is 0.161 e. The van der Waals surface area contributed by atoms with E-state index in [0.717, 1.165) is 24.3 Å². The van der Waals surface area contributed by atoms with Crippen LogP contribution in [-0.4, -0.2) is 20.1 Å². The number of alkyl halides is 1. The van der Waals surface area contributed by atoms with E-state index in [1.807, 2.05) is 12.1 Å². The van der Waals surface area contributed by atoms with Crippen LogP contribution in [0.25, 0.3) is 0 Å². The van der Waals surface area contributed by atoms with Crippen molar-refractivity contribution in [2.45, 2.75) is 19.8 Å². The lowest BCUT2D eigenvalue weighted by Gasteiger charge is -2.12. The zero-order chi connectivity index (χ0) is 11.3. The SMILES string of the molecule is COc1cc(C)c(CCCCl)cc1OC. The Hall–Kier alpha value is -0.890. The molecule has 0 atom stereocenters. The van der Waals surface area contributed by atoms with Crippen molar-refractivity contribution < 1.29 is 9.47 Å². The minimum Gasteiger partial charge on any atom is -0.493 e. The first-order valence-corrected chi connectivity index (χ1v) is 5.53. The van der Waals surface area contributed by atoms with Crippen LogP contribution in [0.3, 0.4) is 0 Å². The molecule has 1 rings (SSSR count). The third kappa shape index (κ3) is 3.03. The lowest BCUT2D eigenvalue weighted by atomic mass is 10.0. The highest BCUT2D eigenvalue weighted by molar-refractivity contribution is 6.17. The summed E-state index contributed by atoms with van der Waals surface area (Å²) >= 11 is 5.68. The van der Waals surface area contributed by atoms with Gasteiger partial charge in [-0.3, -0.25) is 0 Å². The zero-order valence-corrected chi connectivity index (χ0v) is 10.2. The number of aryl methyl sites for hydroxylation is 2. The number of hydrogen-bond donors (Lipinski definition) is 0. The maximum atomic E-state index is 5.68. The van der Waals surface area contributed by atoms with E-state index in [0.29, 0.717) is 5.88 Å². The minimum atomic E-state index is 0.688. The number of halogens is 1. The molecular weight excluding hydrogens is 212 g/mol.